The minimum atomic E-state index is 0.842. The molecular formula is C13H10BrNOS. The zero-order chi connectivity index (χ0) is 11.8. The molecule has 0 aliphatic rings. The topological polar surface area (TPSA) is 26.0 Å². The molecule has 1 aromatic carbocycles. The van der Waals surface area contributed by atoms with E-state index in [9.17, 15) is 0 Å². The van der Waals surface area contributed by atoms with Gasteiger partial charge in [0.2, 0.25) is 0 Å². The first-order valence-electron chi connectivity index (χ1n) is 5.40. The summed E-state index contributed by atoms with van der Waals surface area (Å²) in [6.07, 6.45) is 0.969. The summed E-state index contributed by atoms with van der Waals surface area (Å²) in [4.78, 5) is 4.53. The Morgan fingerprint density at radius 1 is 1.35 bits per heavy atom. The number of rotatable bonds is 2. The van der Waals surface area contributed by atoms with Gasteiger partial charge in [-0.15, -0.1) is 11.3 Å². The van der Waals surface area contributed by atoms with Gasteiger partial charge < -0.3 is 4.42 Å². The SMILES string of the molecule is CCc1nc(-c2cc3cc(Br)ccc3o2)cs1. The highest BCUT2D eigenvalue weighted by atomic mass is 79.9. The number of aryl methyl sites for hydroxylation is 1. The van der Waals surface area contributed by atoms with Gasteiger partial charge in [0.25, 0.3) is 0 Å². The van der Waals surface area contributed by atoms with Crippen LogP contribution in [0.5, 0.6) is 0 Å². The van der Waals surface area contributed by atoms with Gasteiger partial charge in [0.15, 0.2) is 5.76 Å². The number of fused-ring (bicyclic) bond motifs is 1. The van der Waals surface area contributed by atoms with E-state index in [-0.39, 0.29) is 0 Å². The normalized spacial score (nSPS) is 11.2. The number of halogens is 1. The highest BCUT2D eigenvalue weighted by Gasteiger charge is 2.09. The van der Waals surface area contributed by atoms with Crippen molar-refractivity contribution in [3.63, 3.8) is 0 Å². The fourth-order valence-electron chi connectivity index (χ4n) is 1.73. The van der Waals surface area contributed by atoms with Gasteiger partial charge in [0.05, 0.1) is 5.01 Å². The third kappa shape index (κ3) is 2.03. The van der Waals surface area contributed by atoms with Gasteiger partial charge in [0, 0.05) is 15.2 Å². The maximum absolute atomic E-state index is 5.79. The van der Waals surface area contributed by atoms with Gasteiger partial charge in [-0.25, -0.2) is 4.98 Å². The Labute approximate surface area is 111 Å². The maximum Gasteiger partial charge on any atom is 0.154 e. The zero-order valence-corrected chi connectivity index (χ0v) is 11.6. The summed E-state index contributed by atoms with van der Waals surface area (Å²) >= 11 is 5.14. The van der Waals surface area contributed by atoms with Crippen molar-refractivity contribution in [1.82, 2.24) is 4.98 Å². The largest absolute Gasteiger partial charge is 0.454 e. The molecule has 2 aromatic heterocycles. The summed E-state index contributed by atoms with van der Waals surface area (Å²) in [6.45, 7) is 2.11. The molecule has 0 atom stereocenters. The van der Waals surface area contributed by atoms with Crippen LogP contribution in [0.25, 0.3) is 22.4 Å². The number of thiazole rings is 1. The van der Waals surface area contributed by atoms with Crippen LogP contribution < -0.4 is 0 Å². The molecule has 0 N–H and O–H groups in total. The number of hydrogen-bond donors (Lipinski definition) is 0. The fraction of sp³-hybridized carbons (Fsp3) is 0.154. The molecule has 2 heterocycles. The lowest BCUT2D eigenvalue weighted by molar-refractivity contribution is 0.629. The fourth-order valence-corrected chi connectivity index (χ4v) is 2.84. The number of furan rings is 1. The summed E-state index contributed by atoms with van der Waals surface area (Å²) in [7, 11) is 0. The molecule has 2 nitrogen and oxygen atoms in total. The molecule has 3 aromatic rings. The number of aromatic nitrogens is 1. The van der Waals surface area contributed by atoms with Crippen molar-refractivity contribution in [2.24, 2.45) is 0 Å². The predicted molar refractivity (Wildman–Crippen MR) is 74.4 cm³/mol. The van der Waals surface area contributed by atoms with Gasteiger partial charge in [0.1, 0.15) is 11.3 Å². The lowest BCUT2D eigenvalue weighted by Crippen LogP contribution is -1.77. The van der Waals surface area contributed by atoms with Gasteiger partial charge in [-0.3, -0.25) is 0 Å². The van der Waals surface area contributed by atoms with Crippen LogP contribution in [0.3, 0.4) is 0 Å². The standard InChI is InChI=1S/C13H10BrNOS/c1-2-13-15-10(7-17-13)12-6-8-5-9(14)3-4-11(8)16-12/h3-7H,2H2,1H3. The first-order valence-corrected chi connectivity index (χ1v) is 7.07. The Morgan fingerprint density at radius 2 is 2.24 bits per heavy atom. The monoisotopic (exact) mass is 307 g/mol. The minimum Gasteiger partial charge on any atom is -0.454 e. The third-order valence-corrected chi connectivity index (χ3v) is 4.07. The van der Waals surface area contributed by atoms with Crippen molar-refractivity contribution < 1.29 is 4.42 Å². The van der Waals surface area contributed by atoms with Gasteiger partial charge >= 0.3 is 0 Å². The van der Waals surface area contributed by atoms with E-state index in [1.807, 2.05) is 23.6 Å². The average molecular weight is 308 g/mol. The van der Waals surface area contributed by atoms with E-state index < -0.39 is 0 Å². The first kappa shape index (κ1) is 11.0. The van der Waals surface area contributed by atoms with Crippen molar-refractivity contribution in [1.29, 1.82) is 0 Å². The highest BCUT2D eigenvalue weighted by Crippen LogP contribution is 2.30. The number of benzene rings is 1. The number of hydrogen-bond acceptors (Lipinski definition) is 3. The van der Waals surface area contributed by atoms with Crippen LogP contribution in [-0.4, -0.2) is 4.98 Å². The second-order valence-electron chi connectivity index (χ2n) is 3.77. The lowest BCUT2D eigenvalue weighted by Gasteiger charge is -1.88. The Morgan fingerprint density at radius 3 is 3.00 bits per heavy atom. The van der Waals surface area contributed by atoms with E-state index in [4.69, 9.17) is 4.42 Å². The minimum absolute atomic E-state index is 0.842. The van der Waals surface area contributed by atoms with Crippen molar-refractivity contribution in [3.8, 4) is 11.5 Å². The molecular weight excluding hydrogens is 298 g/mol. The molecule has 0 unspecified atom stereocenters. The maximum atomic E-state index is 5.79. The molecule has 0 fully saturated rings. The molecule has 0 saturated heterocycles. The van der Waals surface area contributed by atoms with Crippen molar-refractivity contribution in [2.75, 3.05) is 0 Å². The predicted octanol–water partition coefficient (Wildman–Crippen LogP) is 4.88. The summed E-state index contributed by atoms with van der Waals surface area (Å²) in [6, 6.07) is 8.04. The quantitative estimate of drug-likeness (QED) is 0.674. The Hall–Kier alpha value is -1.13. The van der Waals surface area contributed by atoms with Crippen molar-refractivity contribution in [2.45, 2.75) is 13.3 Å². The second kappa shape index (κ2) is 4.27. The van der Waals surface area contributed by atoms with Crippen LogP contribution in [0.15, 0.2) is 38.5 Å². The molecule has 0 amide bonds. The van der Waals surface area contributed by atoms with E-state index >= 15 is 0 Å². The van der Waals surface area contributed by atoms with E-state index in [0.29, 0.717) is 0 Å². The molecule has 4 heteroatoms. The van der Waals surface area contributed by atoms with Crippen LogP contribution in [-0.2, 0) is 6.42 Å². The van der Waals surface area contributed by atoms with Crippen LogP contribution in [0.2, 0.25) is 0 Å². The molecule has 0 bridgehead atoms. The van der Waals surface area contributed by atoms with E-state index in [1.54, 1.807) is 11.3 Å². The van der Waals surface area contributed by atoms with Crippen LogP contribution in [0.1, 0.15) is 11.9 Å². The number of nitrogens with zero attached hydrogens (tertiary/aromatic N) is 1. The highest BCUT2D eigenvalue weighted by molar-refractivity contribution is 9.10. The van der Waals surface area contributed by atoms with Crippen molar-refractivity contribution >= 4 is 38.2 Å². The van der Waals surface area contributed by atoms with Crippen LogP contribution >= 0.6 is 27.3 Å². The summed E-state index contributed by atoms with van der Waals surface area (Å²) in [5, 5.41) is 4.29. The summed E-state index contributed by atoms with van der Waals surface area (Å²) in [5.41, 5.74) is 1.83. The van der Waals surface area contributed by atoms with E-state index in [1.165, 1.54) is 0 Å². The van der Waals surface area contributed by atoms with E-state index in [0.717, 1.165) is 38.3 Å². The van der Waals surface area contributed by atoms with Gasteiger partial charge in [-0.05, 0) is 30.7 Å². The Bertz CT molecular complexity index is 671. The van der Waals surface area contributed by atoms with Gasteiger partial charge in [-0.1, -0.05) is 22.9 Å². The Kier molecular flexibility index (Phi) is 2.76. The molecule has 0 aliphatic carbocycles. The first-order chi connectivity index (χ1) is 8.26. The molecule has 3 rings (SSSR count). The molecule has 0 saturated carbocycles. The average Bonchev–Trinajstić information content (AvgIpc) is 2.93. The molecule has 0 radical (unpaired) electrons. The smallest absolute Gasteiger partial charge is 0.154 e. The molecule has 86 valence electrons. The second-order valence-corrected chi connectivity index (χ2v) is 5.63. The molecule has 0 spiro atoms. The van der Waals surface area contributed by atoms with Crippen LogP contribution in [0, 0.1) is 0 Å². The Balaban J connectivity index is 2.11. The zero-order valence-electron chi connectivity index (χ0n) is 9.24. The summed E-state index contributed by atoms with van der Waals surface area (Å²) < 4.78 is 6.85. The van der Waals surface area contributed by atoms with E-state index in [2.05, 4.69) is 33.9 Å². The van der Waals surface area contributed by atoms with Crippen LogP contribution in [0.4, 0.5) is 0 Å². The third-order valence-electron chi connectivity index (χ3n) is 2.58. The van der Waals surface area contributed by atoms with Crippen molar-refractivity contribution in [3.05, 3.63) is 39.1 Å². The molecule has 17 heavy (non-hydrogen) atoms. The lowest BCUT2D eigenvalue weighted by atomic mass is 10.2. The van der Waals surface area contributed by atoms with Gasteiger partial charge in [-0.2, -0.15) is 0 Å². The summed E-state index contributed by atoms with van der Waals surface area (Å²) in [5.74, 6) is 0.842. The molecule has 0 aliphatic heterocycles.